The normalized spacial score (nSPS) is 16.6. The third-order valence-corrected chi connectivity index (χ3v) is 6.41. The highest BCUT2D eigenvalue weighted by Crippen LogP contribution is 2.49. The molecule has 13 heteroatoms. The topological polar surface area (TPSA) is 136 Å². The Labute approximate surface area is 197 Å². The van der Waals surface area contributed by atoms with Gasteiger partial charge >= 0.3 is 0 Å². The predicted octanol–water partition coefficient (Wildman–Crippen LogP) is 2.95. The van der Waals surface area contributed by atoms with Crippen LogP contribution in [0.4, 0.5) is 20.2 Å². The molecule has 1 unspecified atom stereocenters. The summed E-state index contributed by atoms with van der Waals surface area (Å²) in [6.45, 7) is 0. The molecule has 34 heavy (non-hydrogen) atoms. The number of halogens is 3. The number of carbonyl (C=O) groups is 2. The van der Waals surface area contributed by atoms with E-state index in [2.05, 4.69) is 15.7 Å². The number of hydrogen-bond donors (Lipinski definition) is 3. The molecule has 4 N–H and O–H groups in total. The summed E-state index contributed by atoms with van der Waals surface area (Å²) in [4.78, 5) is 23.9. The lowest BCUT2D eigenvalue weighted by Gasteiger charge is -2.12. The SMILES string of the molecule is NS(=O)(=O)c1cc(NC(=O)Cc2ccccc2Cl)ccc1-n1cc(NC(=O)C2CC2(F)F)cn1. The van der Waals surface area contributed by atoms with Crippen LogP contribution in [0.2, 0.25) is 5.02 Å². The van der Waals surface area contributed by atoms with Crippen LogP contribution in [-0.4, -0.2) is 35.9 Å². The molecule has 1 aliphatic rings. The Bertz CT molecular complexity index is 1390. The van der Waals surface area contributed by atoms with Gasteiger partial charge in [-0.25, -0.2) is 27.0 Å². The molecule has 3 aromatic rings. The molecule has 0 spiro atoms. The van der Waals surface area contributed by atoms with E-state index in [1.807, 2.05) is 0 Å². The molecule has 1 atom stereocenters. The number of benzene rings is 2. The molecule has 9 nitrogen and oxygen atoms in total. The number of carbonyl (C=O) groups excluding carboxylic acids is 2. The van der Waals surface area contributed by atoms with E-state index in [1.54, 1.807) is 24.3 Å². The van der Waals surface area contributed by atoms with Gasteiger partial charge in [0.05, 0.1) is 30.2 Å². The van der Waals surface area contributed by atoms with Crippen LogP contribution in [0, 0.1) is 5.92 Å². The van der Waals surface area contributed by atoms with Crippen molar-refractivity contribution < 1.29 is 26.8 Å². The van der Waals surface area contributed by atoms with Crippen molar-refractivity contribution in [1.82, 2.24) is 9.78 Å². The highest BCUT2D eigenvalue weighted by molar-refractivity contribution is 7.89. The number of amides is 2. The summed E-state index contributed by atoms with van der Waals surface area (Å²) in [7, 11) is -4.26. The first-order valence-corrected chi connectivity index (χ1v) is 11.8. The van der Waals surface area contributed by atoms with Crippen LogP contribution in [0.1, 0.15) is 12.0 Å². The second kappa shape index (κ2) is 8.78. The summed E-state index contributed by atoms with van der Waals surface area (Å²) >= 11 is 6.06. The molecular weight excluding hydrogens is 492 g/mol. The van der Waals surface area contributed by atoms with E-state index in [4.69, 9.17) is 16.7 Å². The summed E-state index contributed by atoms with van der Waals surface area (Å²) in [5.74, 6) is -5.70. The van der Waals surface area contributed by atoms with Crippen LogP contribution in [0.15, 0.2) is 59.8 Å². The fraction of sp³-hybridized carbons (Fsp3) is 0.190. The van der Waals surface area contributed by atoms with Gasteiger partial charge in [0.25, 0.3) is 5.92 Å². The Morgan fingerprint density at radius 1 is 1.18 bits per heavy atom. The molecule has 1 aliphatic carbocycles. The van der Waals surface area contributed by atoms with Crippen LogP contribution >= 0.6 is 11.6 Å². The predicted molar refractivity (Wildman–Crippen MR) is 120 cm³/mol. The zero-order chi connectivity index (χ0) is 24.7. The van der Waals surface area contributed by atoms with Crippen molar-refractivity contribution in [1.29, 1.82) is 0 Å². The lowest BCUT2D eigenvalue weighted by atomic mass is 10.1. The van der Waals surface area contributed by atoms with E-state index in [0.29, 0.717) is 10.6 Å². The van der Waals surface area contributed by atoms with Gasteiger partial charge in [-0.1, -0.05) is 29.8 Å². The highest BCUT2D eigenvalue weighted by Gasteiger charge is 2.61. The Balaban J connectivity index is 1.54. The van der Waals surface area contributed by atoms with Gasteiger partial charge in [0.15, 0.2) is 0 Å². The lowest BCUT2D eigenvalue weighted by Crippen LogP contribution is -2.18. The highest BCUT2D eigenvalue weighted by atomic mass is 35.5. The minimum Gasteiger partial charge on any atom is -0.326 e. The fourth-order valence-corrected chi connectivity index (χ4v) is 4.22. The van der Waals surface area contributed by atoms with E-state index in [9.17, 15) is 26.8 Å². The van der Waals surface area contributed by atoms with Crippen LogP contribution in [0.25, 0.3) is 5.69 Å². The second-order valence-corrected chi connectivity index (χ2v) is 9.66. The number of primary sulfonamides is 1. The number of nitrogens with one attached hydrogen (secondary N) is 2. The van der Waals surface area contributed by atoms with Gasteiger partial charge < -0.3 is 10.6 Å². The number of rotatable bonds is 7. The molecule has 1 fully saturated rings. The van der Waals surface area contributed by atoms with Crippen molar-refractivity contribution >= 4 is 44.8 Å². The molecule has 0 bridgehead atoms. The number of aromatic nitrogens is 2. The Hall–Kier alpha value is -3.35. The van der Waals surface area contributed by atoms with Gasteiger partial charge in [-0.15, -0.1) is 0 Å². The molecule has 1 saturated carbocycles. The first-order chi connectivity index (χ1) is 15.9. The van der Waals surface area contributed by atoms with Gasteiger partial charge in [-0.3, -0.25) is 9.59 Å². The third-order valence-electron chi connectivity index (χ3n) is 5.10. The summed E-state index contributed by atoms with van der Waals surface area (Å²) in [5, 5.41) is 14.7. The fourth-order valence-electron chi connectivity index (χ4n) is 3.28. The van der Waals surface area contributed by atoms with Crippen molar-refractivity contribution in [3.05, 3.63) is 65.4 Å². The standard InChI is InChI=1S/C21H18ClF2N5O4S/c22-16-4-2-1-3-12(16)7-19(30)27-13-5-6-17(18(8-13)34(25,32)33)29-11-14(10-26-29)28-20(31)15-9-21(15,23)24/h1-6,8,10-11,15H,7,9H2,(H,27,30)(H,28,31)(H2,25,32,33). The van der Waals surface area contributed by atoms with Gasteiger partial charge in [0, 0.05) is 17.1 Å². The number of sulfonamides is 1. The summed E-state index contributed by atoms with van der Waals surface area (Å²) in [6.07, 6.45) is 1.89. The van der Waals surface area contributed by atoms with Gasteiger partial charge in [-0.05, 0) is 29.8 Å². The molecule has 1 aromatic heterocycles. The molecule has 1 heterocycles. The summed E-state index contributed by atoms with van der Waals surface area (Å²) < 4.78 is 51.7. The molecule has 4 rings (SSSR count). The summed E-state index contributed by atoms with van der Waals surface area (Å²) in [6, 6.07) is 10.8. The van der Waals surface area contributed by atoms with Crippen LogP contribution in [0.3, 0.4) is 0 Å². The largest absolute Gasteiger partial charge is 0.326 e. The van der Waals surface area contributed by atoms with E-state index in [-0.39, 0.29) is 28.4 Å². The van der Waals surface area contributed by atoms with E-state index < -0.39 is 40.1 Å². The molecule has 0 saturated heterocycles. The molecule has 0 radical (unpaired) electrons. The summed E-state index contributed by atoms with van der Waals surface area (Å²) in [5.41, 5.74) is 0.899. The van der Waals surface area contributed by atoms with Crippen molar-refractivity contribution in [2.75, 3.05) is 10.6 Å². The number of alkyl halides is 2. The smallest absolute Gasteiger partial charge is 0.260 e. The van der Waals surface area contributed by atoms with Crippen molar-refractivity contribution in [2.24, 2.45) is 11.1 Å². The molecule has 2 amide bonds. The number of nitrogens with two attached hydrogens (primary N) is 1. The van der Waals surface area contributed by atoms with Gasteiger partial charge in [-0.2, -0.15) is 5.10 Å². The van der Waals surface area contributed by atoms with Crippen molar-refractivity contribution in [3.8, 4) is 5.69 Å². The minimum atomic E-state index is -4.26. The Morgan fingerprint density at radius 3 is 2.53 bits per heavy atom. The second-order valence-electron chi connectivity index (χ2n) is 7.72. The lowest BCUT2D eigenvalue weighted by molar-refractivity contribution is -0.119. The number of hydrogen-bond acceptors (Lipinski definition) is 5. The Morgan fingerprint density at radius 2 is 1.88 bits per heavy atom. The van der Waals surface area contributed by atoms with E-state index >= 15 is 0 Å². The number of anilines is 2. The van der Waals surface area contributed by atoms with Crippen molar-refractivity contribution in [2.45, 2.75) is 23.7 Å². The number of nitrogens with zero attached hydrogens (tertiary/aromatic N) is 2. The monoisotopic (exact) mass is 509 g/mol. The average Bonchev–Trinajstić information content (AvgIpc) is 3.16. The Kier molecular flexibility index (Phi) is 6.14. The maximum Gasteiger partial charge on any atom is 0.260 e. The van der Waals surface area contributed by atoms with Crippen molar-refractivity contribution in [3.63, 3.8) is 0 Å². The van der Waals surface area contributed by atoms with Gasteiger partial charge in [0.2, 0.25) is 21.8 Å². The van der Waals surface area contributed by atoms with Crippen LogP contribution < -0.4 is 15.8 Å². The minimum absolute atomic E-state index is 0.0313. The van der Waals surface area contributed by atoms with E-state index in [1.165, 1.54) is 30.6 Å². The molecule has 2 aromatic carbocycles. The van der Waals surface area contributed by atoms with E-state index in [0.717, 1.165) is 4.68 Å². The molecule has 0 aliphatic heterocycles. The average molecular weight is 510 g/mol. The zero-order valence-electron chi connectivity index (χ0n) is 17.3. The molecular formula is C21H18ClF2N5O4S. The zero-order valence-corrected chi connectivity index (χ0v) is 18.9. The first-order valence-electron chi connectivity index (χ1n) is 9.88. The maximum absolute atomic E-state index is 13.1. The van der Waals surface area contributed by atoms with Crippen LogP contribution in [-0.2, 0) is 26.0 Å². The maximum atomic E-state index is 13.1. The molecule has 178 valence electrons. The van der Waals surface area contributed by atoms with Crippen LogP contribution in [0.5, 0.6) is 0 Å². The first kappa shape index (κ1) is 23.8. The quantitative estimate of drug-likeness (QED) is 0.450. The third kappa shape index (κ3) is 5.24. The van der Waals surface area contributed by atoms with Gasteiger partial charge in [0.1, 0.15) is 10.8 Å².